The maximum atomic E-state index is 10.1. The van der Waals surface area contributed by atoms with Crippen molar-refractivity contribution in [1.29, 1.82) is 0 Å². The molecule has 1 rings (SSSR count). The van der Waals surface area contributed by atoms with Crippen molar-refractivity contribution in [2.24, 2.45) is 5.92 Å². The summed E-state index contributed by atoms with van der Waals surface area (Å²) in [5, 5.41) is 30.8. The van der Waals surface area contributed by atoms with Gasteiger partial charge in [-0.3, -0.25) is 5.32 Å². The second kappa shape index (κ2) is 5.07. The summed E-state index contributed by atoms with van der Waals surface area (Å²) >= 11 is 0. The highest BCUT2D eigenvalue weighted by Gasteiger charge is 2.33. The molecule has 1 aliphatic carbocycles. The minimum absolute atomic E-state index is 0.144. The molecule has 0 aromatic heterocycles. The first kappa shape index (κ1) is 11.9. The Kier molecular flexibility index (Phi) is 4.31. The molecular formula is C10H21NO3. The van der Waals surface area contributed by atoms with Crippen LogP contribution < -0.4 is 5.32 Å². The zero-order chi connectivity index (χ0) is 10.6. The Labute approximate surface area is 85.0 Å². The van der Waals surface area contributed by atoms with Crippen molar-refractivity contribution in [1.82, 2.24) is 5.32 Å². The first-order valence-electron chi connectivity index (χ1n) is 5.31. The predicted octanol–water partition coefficient (Wildman–Crippen LogP) is -0.172. The van der Waals surface area contributed by atoms with E-state index in [9.17, 15) is 5.11 Å². The molecule has 0 bridgehead atoms. The van der Waals surface area contributed by atoms with Crippen LogP contribution in [0.1, 0.15) is 32.6 Å². The second-order valence-corrected chi connectivity index (χ2v) is 4.42. The molecule has 0 aliphatic heterocycles. The van der Waals surface area contributed by atoms with Crippen molar-refractivity contribution >= 4 is 0 Å². The standard InChI is InChI=1S/C10H21NO3/c1-8-2-4-10(14,5-3-8)11-9(6-12)7-13/h8-9,11-14H,2-7H2,1H3. The normalized spacial score (nSPS) is 33.6. The third-order valence-corrected chi connectivity index (χ3v) is 3.02. The van der Waals surface area contributed by atoms with Gasteiger partial charge in [-0.1, -0.05) is 6.92 Å². The summed E-state index contributed by atoms with van der Waals surface area (Å²) in [4.78, 5) is 0. The smallest absolute Gasteiger partial charge is 0.116 e. The quantitative estimate of drug-likeness (QED) is 0.479. The first-order valence-corrected chi connectivity index (χ1v) is 5.31. The maximum Gasteiger partial charge on any atom is 0.116 e. The fourth-order valence-electron chi connectivity index (χ4n) is 1.91. The van der Waals surface area contributed by atoms with Gasteiger partial charge in [0.15, 0.2) is 0 Å². The van der Waals surface area contributed by atoms with Gasteiger partial charge >= 0.3 is 0 Å². The third-order valence-electron chi connectivity index (χ3n) is 3.02. The van der Waals surface area contributed by atoms with Crippen LogP contribution in [0.25, 0.3) is 0 Å². The van der Waals surface area contributed by atoms with Gasteiger partial charge in [0.1, 0.15) is 5.72 Å². The molecule has 1 fully saturated rings. The molecule has 14 heavy (non-hydrogen) atoms. The van der Waals surface area contributed by atoms with Crippen molar-refractivity contribution in [3.05, 3.63) is 0 Å². The maximum absolute atomic E-state index is 10.1. The van der Waals surface area contributed by atoms with Crippen LogP contribution in [0, 0.1) is 5.92 Å². The van der Waals surface area contributed by atoms with Gasteiger partial charge in [-0.25, -0.2) is 0 Å². The molecular weight excluding hydrogens is 182 g/mol. The Bertz CT molecular complexity index is 163. The van der Waals surface area contributed by atoms with E-state index in [2.05, 4.69) is 12.2 Å². The second-order valence-electron chi connectivity index (χ2n) is 4.42. The van der Waals surface area contributed by atoms with E-state index in [0.29, 0.717) is 18.8 Å². The molecule has 4 N–H and O–H groups in total. The van der Waals surface area contributed by atoms with Gasteiger partial charge in [0.25, 0.3) is 0 Å². The predicted molar refractivity (Wildman–Crippen MR) is 53.7 cm³/mol. The summed E-state index contributed by atoms with van der Waals surface area (Å²) in [6, 6.07) is -0.409. The largest absolute Gasteiger partial charge is 0.395 e. The Hall–Kier alpha value is -0.160. The molecule has 4 heteroatoms. The highest BCUT2D eigenvalue weighted by molar-refractivity contribution is 4.85. The number of nitrogens with one attached hydrogen (secondary N) is 1. The summed E-state index contributed by atoms with van der Waals surface area (Å²) in [5.41, 5.74) is -0.886. The summed E-state index contributed by atoms with van der Waals surface area (Å²) in [6.07, 6.45) is 3.38. The highest BCUT2D eigenvalue weighted by Crippen LogP contribution is 2.30. The van der Waals surface area contributed by atoms with Gasteiger partial charge < -0.3 is 15.3 Å². The fourth-order valence-corrected chi connectivity index (χ4v) is 1.91. The van der Waals surface area contributed by atoms with Crippen LogP contribution in [0.2, 0.25) is 0 Å². The van der Waals surface area contributed by atoms with Crippen molar-refractivity contribution in [2.75, 3.05) is 13.2 Å². The topological polar surface area (TPSA) is 72.7 Å². The molecule has 0 atom stereocenters. The van der Waals surface area contributed by atoms with Crippen LogP contribution in [-0.4, -0.2) is 40.3 Å². The van der Waals surface area contributed by atoms with E-state index in [-0.39, 0.29) is 13.2 Å². The Morgan fingerprint density at radius 3 is 2.21 bits per heavy atom. The average Bonchev–Trinajstić information content (AvgIpc) is 2.20. The molecule has 4 nitrogen and oxygen atoms in total. The van der Waals surface area contributed by atoms with Crippen LogP contribution in [0.5, 0.6) is 0 Å². The number of aliphatic hydroxyl groups excluding tert-OH is 2. The SMILES string of the molecule is CC1CCC(O)(NC(CO)CO)CC1. The summed E-state index contributed by atoms with van der Waals surface area (Å²) in [7, 11) is 0. The average molecular weight is 203 g/mol. The summed E-state index contributed by atoms with van der Waals surface area (Å²) in [6.45, 7) is 1.89. The Balaban J connectivity index is 2.41. The number of aliphatic hydroxyl groups is 3. The fraction of sp³-hybridized carbons (Fsp3) is 1.00. The first-order chi connectivity index (χ1) is 6.59. The summed E-state index contributed by atoms with van der Waals surface area (Å²) in [5.74, 6) is 0.666. The van der Waals surface area contributed by atoms with Crippen LogP contribution in [0.4, 0.5) is 0 Å². The molecule has 0 radical (unpaired) electrons. The lowest BCUT2D eigenvalue weighted by Crippen LogP contribution is -2.54. The van der Waals surface area contributed by atoms with E-state index < -0.39 is 11.8 Å². The van der Waals surface area contributed by atoms with Gasteiger partial charge in [-0.15, -0.1) is 0 Å². The Morgan fingerprint density at radius 1 is 1.29 bits per heavy atom. The van der Waals surface area contributed by atoms with Gasteiger partial charge in [0.2, 0.25) is 0 Å². The number of rotatable bonds is 4. The van der Waals surface area contributed by atoms with Crippen LogP contribution in [0.15, 0.2) is 0 Å². The summed E-state index contributed by atoms with van der Waals surface area (Å²) < 4.78 is 0. The molecule has 0 aromatic rings. The van der Waals surface area contributed by atoms with Gasteiger partial charge in [0, 0.05) is 0 Å². The lowest BCUT2D eigenvalue weighted by Gasteiger charge is -2.37. The van der Waals surface area contributed by atoms with E-state index in [1.807, 2.05) is 0 Å². The van der Waals surface area contributed by atoms with Crippen molar-refractivity contribution in [3.63, 3.8) is 0 Å². The van der Waals surface area contributed by atoms with Crippen LogP contribution in [-0.2, 0) is 0 Å². The molecule has 0 amide bonds. The van der Waals surface area contributed by atoms with Crippen molar-refractivity contribution in [3.8, 4) is 0 Å². The van der Waals surface area contributed by atoms with Crippen molar-refractivity contribution < 1.29 is 15.3 Å². The van der Waals surface area contributed by atoms with Crippen molar-refractivity contribution in [2.45, 2.75) is 44.4 Å². The molecule has 1 saturated carbocycles. The lowest BCUT2D eigenvalue weighted by atomic mass is 9.84. The van der Waals surface area contributed by atoms with E-state index in [1.165, 1.54) is 0 Å². The molecule has 0 heterocycles. The molecule has 0 saturated heterocycles. The van der Waals surface area contributed by atoms with Gasteiger partial charge in [-0.2, -0.15) is 0 Å². The van der Waals surface area contributed by atoms with E-state index >= 15 is 0 Å². The zero-order valence-corrected chi connectivity index (χ0v) is 8.74. The number of hydrogen-bond acceptors (Lipinski definition) is 4. The zero-order valence-electron chi connectivity index (χ0n) is 8.74. The van der Waals surface area contributed by atoms with E-state index in [4.69, 9.17) is 10.2 Å². The minimum Gasteiger partial charge on any atom is -0.395 e. The lowest BCUT2D eigenvalue weighted by molar-refractivity contribution is -0.0567. The highest BCUT2D eigenvalue weighted by atomic mass is 16.3. The third kappa shape index (κ3) is 3.20. The molecule has 0 spiro atoms. The Morgan fingerprint density at radius 2 is 1.79 bits per heavy atom. The van der Waals surface area contributed by atoms with E-state index in [0.717, 1.165) is 12.8 Å². The van der Waals surface area contributed by atoms with E-state index in [1.54, 1.807) is 0 Å². The monoisotopic (exact) mass is 203 g/mol. The van der Waals surface area contributed by atoms with Crippen LogP contribution in [0.3, 0.4) is 0 Å². The molecule has 1 aliphatic rings. The molecule has 0 aromatic carbocycles. The number of hydrogen-bond donors (Lipinski definition) is 4. The molecule has 84 valence electrons. The van der Waals surface area contributed by atoms with Gasteiger partial charge in [-0.05, 0) is 31.6 Å². The molecule has 0 unspecified atom stereocenters. The van der Waals surface area contributed by atoms with Crippen LogP contribution >= 0.6 is 0 Å². The minimum atomic E-state index is -0.886. The van der Waals surface area contributed by atoms with Gasteiger partial charge in [0.05, 0.1) is 19.3 Å².